The average molecular weight is 352 g/mol. The average Bonchev–Trinajstić information content (AvgIpc) is 2.98. The number of hydrogen-bond acceptors (Lipinski definition) is 5. The summed E-state index contributed by atoms with van der Waals surface area (Å²) >= 11 is 0. The van der Waals surface area contributed by atoms with Gasteiger partial charge in [-0.2, -0.15) is 0 Å². The highest BCUT2D eigenvalue weighted by atomic mass is 16.5. The van der Waals surface area contributed by atoms with Crippen LogP contribution in [0.3, 0.4) is 0 Å². The number of likely N-dealkylation sites (N-methyl/N-ethyl adjacent to an activating group) is 1. The van der Waals surface area contributed by atoms with E-state index in [0.717, 1.165) is 38.2 Å². The number of hydrogen-bond donors (Lipinski definition) is 0. The Hall–Kier alpha value is -2.31. The highest BCUT2D eigenvalue weighted by Crippen LogP contribution is 2.40. The third-order valence-electron chi connectivity index (χ3n) is 5.57. The minimum atomic E-state index is 0.101. The van der Waals surface area contributed by atoms with E-state index >= 15 is 0 Å². The van der Waals surface area contributed by atoms with Crippen molar-refractivity contribution >= 4 is 5.91 Å². The molecular weight excluding hydrogens is 328 g/mol. The molecule has 0 N–H and O–H groups in total. The van der Waals surface area contributed by atoms with Crippen LogP contribution in [0.25, 0.3) is 0 Å². The van der Waals surface area contributed by atoms with Gasteiger partial charge in [-0.3, -0.25) is 19.7 Å². The maximum Gasteiger partial charge on any atom is 0.254 e. The Kier molecular flexibility index (Phi) is 4.70. The van der Waals surface area contributed by atoms with Gasteiger partial charge in [0.1, 0.15) is 0 Å². The largest absolute Gasteiger partial charge is 0.376 e. The maximum atomic E-state index is 12.5. The van der Waals surface area contributed by atoms with Gasteiger partial charge in [-0.15, -0.1) is 0 Å². The van der Waals surface area contributed by atoms with Crippen molar-refractivity contribution in [3.8, 4) is 0 Å². The molecule has 0 aromatic carbocycles. The lowest BCUT2D eigenvalue weighted by molar-refractivity contribution is -0.00805. The van der Waals surface area contributed by atoms with E-state index in [1.807, 2.05) is 17.0 Å². The van der Waals surface area contributed by atoms with E-state index in [1.54, 1.807) is 36.9 Å². The van der Waals surface area contributed by atoms with Crippen molar-refractivity contribution in [1.29, 1.82) is 0 Å². The Morgan fingerprint density at radius 1 is 1.15 bits per heavy atom. The Morgan fingerprint density at radius 2 is 1.81 bits per heavy atom. The lowest BCUT2D eigenvalue weighted by Crippen LogP contribution is -2.68. The number of pyridine rings is 2. The molecule has 4 heterocycles. The number of ether oxygens (including phenoxy) is 1. The molecule has 26 heavy (non-hydrogen) atoms. The summed E-state index contributed by atoms with van der Waals surface area (Å²) in [7, 11) is 2.16. The van der Waals surface area contributed by atoms with Gasteiger partial charge in [0.25, 0.3) is 5.91 Å². The lowest BCUT2D eigenvalue weighted by Gasteiger charge is -2.52. The fraction of sp³-hybridized carbons (Fsp3) is 0.450. The summed E-state index contributed by atoms with van der Waals surface area (Å²) in [5.41, 5.74) is 1.99. The molecule has 0 saturated carbocycles. The molecule has 4 rings (SSSR count). The van der Waals surface area contributed by atoms with Gasteiger partial charge in [-0.05, 0) is 49.2 Å². The quantitative estimate of drug-likeness (QED) is 0.822. The molecule has 1 atom stereocenters. The molecule has 1 unspecified atom stereocenters. The third kappa shape index (κ3) is 3.34. The topological polar surface area (TPSA) is 58.6 Å². The van der Waals surface area contributed by atoms with Gasteiger partial charge in [-0.1, -0.05) is 0 Å². The first-order valence-electron chi connectivity index (χ1n) is 9.03. The summed E-state index contributed by atoms with van der Waals surface area (Å²) in [6, 6.07) is 7.52. The molecule has 2 aromatic heterocycles. The van der Waals surface area contributed by atoms with Gasteiger partial charge in [0.05, 0.1) is 18.8 Å². The van der Waals surface area contributed by atoms with Crippen LogP contribution in [-0.4, -0.2) is 64.5 Å². The minimum Gasteiger partial charge on any atom is -0.376 e. The van der Waals surface area contributed by atoms with E-state index in [2.05, 4.69) is 21.9 Å². The van der Waals surface area contributed by atoms with E-state index in [1.165, 1.54) is 0 Å². The number of rotatable bonds is 5. The smallest absolute Gasteiger partial charge is 0.254 e. The summed E-state index contributed by atoms with van der Waals surface area (Å²) in [4.78, 5) is 24.9. The van der Waals surface area contributed by atoms with E-state index in [9.17, 15) is 4.79 Å². The van der Waals surface area contributed by atoms with Gasteiger partial charge >= 0.3 is 0 Å². The van der Waals surface area contributed by atoms with Crippen LogP contribution >= 0.6 is 0 Å². The Balaban J connectivity index is 1.27. The van der Waals surface area contributed by atoms with Crippen molar-refractivity contribution in [2.75, 3.05) is 33.3 Å². The van der Waals surface area contributed by atoms with Gasteiger partial charge < -0.3 is 9.64 Å². The van der Waals surface area contributed by atoms with Crippen LogP contribution in [-0.2, 0) is 11.3 Å². The molecule has 1 spiro atoms. The lowest BCUT2D eigenvalue weighted by atomic mass is 9.84. The second kappa shape index (κ2) is 7.13. The highest BCUT2D eigenvalue weighted by molar-refractivity contribution is 5.94. The van der Waals surface area contributed by atoms with Gasteiger partial charge in [0.15, 0.2) is 0 Å². The molecule has 0 radical (unpaired) electrons. The molecule has 1 amide bonds. The summed E-state index contributed by atoms with van der Waals surface area (Å²) in [5, 5.41) is 0. The molecule has 0 bridgehead atoms. The number of nitrogens with zero attached hydrogens (tertiary/aromatic N) is 4. The molecule has 2 saturated heterocycles. The number of carbonyl (C=O) groups excluding carboxylic acids is 1. The summed E-state index contributed by atoms with van der Waals surface area (Å²) in [5.74, 6) is 0.615. The summed E-state index contributed by atoms with van der Waals surface area (Å²) in [6.45, 7) is 4.00. The van der Waals surface area contributed by atoms with Crippen LogP contribution < -0.4 is 0 Å². The van der Waals surface area contributed by atoms with Crippen molar-refractivity contribution in [3.63, 3.8) is 0 Å². The molecule has 136 valence electrons. The van der Waals surface area contributed by atoms with Crippen molar-refractivity contribution in [2.24, 2.45) is 5.92 Å². The number of likely N-dealkylation sites (tertiary alicyclic amines) is 2. The van der Waals surface area contributed by atoms with Crippen molar-refractivity contribution in [3.05, 3.63) is 60.2 Å². The summed E-state index contributed by atoms with van der Waals surface area (Å²) in [6.07, 6.45) is 8.00. The molecular formula is C20H24N4O2. The van der Waals surface area contributed by atoms with Crippen molar-refractivity contribution in [1.82, 2.24) is 19.8 Å². The molecule has 2 aliphatic rings. The van der Waals surface area contributed by atoms with Crippen LogP contribution in [0.4, 0.5) is 0 Å². The zero-order valence-corrected chi connectivity index (χ0v) is 15.0. The Bertz CT molecular complexity index is 747. The predicted molar refractivity (Wildman–Crippen MR) is 97.5 cm³/mol. The summed E-state index contributed by atoms with van der Waals surface area (Å²) < 4.78 is 5.92. The van der Waals surface area contributed by atoms with Crippen molar-refractivity contribution < 1.29 is 9.53 Å². The first-order chi connectivity index (χ1) is 12.7. The number of amides is 1. The van der Waals surface area contributed by atoms with Crippen LogP contribution in [0.15, 0.2) is 49.1 Å². The number of aromatic nitrogens is 2. The number of carbonyl (C=O) groups is 1. The van der Waals surface area contributed by atoms with Gasteiger partial charge in [0.2, 0.25) is 0 Å². The fourth-order valence-electron chi connectivity index (χ4n) is 4.13. The van der Waals surface area contributed by atoms with Crippen LogP contribution in [0.5, 0.6) is 0 Å². The van der Waals surface area contributed by atoms with Gasteiger partial charge in [0, 0.05) is 50.0 Å². The van der Waals surface area contributed by atoms with Crippen LogP contribution in [0.1, 0.15) is 22.3 Å². The molecule has 2 fully saturated rings. The molecule has 2 aliphatic heterocycles. The van der Waals surface area contributed by atoms with E-state index in [-0.39, 0.29) is 11.4 Å². The standard InChI is InChI=1S/C20H24N4O2/c1-23-11-17(13-26-12-16-2-6-21-7-3-16)10-20(23)14-24(15-20)19(25)18-4-8-22-9-5-18/h2-9,17H,10-15H2,1H3. The van der Waals surface area contributed by atoms with Crippen molar-refractivity contribution in [2.45, 2.75) is 18.6 Å². The highest BCUT2D eigenvalue weighted by Gasteiger charge is 2.53. The third-order valence-corrected chi connectivity index (χ3v) is 5.57. The molecule has 0 aliphatic carbocycles. The first-order valence-corrected chi connectivity index (χ1v) is 9.03. The van der Waals surface area contributed by atoms with E-state index in [4.69, 9.17) is 4.74 Å². The minimum absolute atomic E-state index is 0.101. The SMILES string of the molecule is CN1CC(COCc2ccncc2)CC12CN(C(=O)c1ccncc1)C2. The zero-order valence-electron chi connectivity index (χ0n) is 15.0. The molecule has 6 heteroatoms. The maximum absolute atomic E-state index is 12.5. The molecule has 6 nitrogen and oxygen atoms in total. The predicted octanol–water partition coefficient (Wildman–Crippen LogP) is 1.84. The monoisotopic (exact) mass is 352 g/mol. The van der Waals surface area contributed by atoms with E-state index < -0.39 is 0 Å². The van der Waals surface area contributed by atoms with Crippen LogP contribution in [0, 0.1) is 5.92 Å². The Morgan fingerprint density at radius 3 is 2.50 bits per heavy atom. The Labute approximate surface area is 153 Å². The second-order valence-electron chi connectivity index (χ2n) is 7.44. The zero-order chi connectivity index (χ0) is 18.0. The van der Waals surface area contributed by atoms with Crippen LogP contribution in [0.2, 0.25) is 0 Å². The van der Waals surface area contributed by atoms with E-state index in [0.29, 0.717) is 18.1 Å². The second-order valence-corrected chi connectivity index (χ2v) is 7.44. The first kappa shape index (κ1) is 17.1. The fourth-order valence-corrected chi connectivity index (χ4v) is 4.13. The molecule has 2 aromatic rings. The normalized spacial score (nSPS) is 21.7. The van der Waals surface area contributed by atoms with Gasteiger partial charge in [-0.25, -0.2) is 0 Å².